The highest BCUT2D eigenvalue weighted by molar-refractivity contribution is 5.86. The molecule has 0 spiro atoms. The molecule has 1 aliphatic carbocycles. The van der Waals surface area contributed by atoms with Gasteiger partial charge in [-0.05, 0) is 25.2 Å². The molecule has 0 atom stereocenters. The van der Waals surface area contributed by atoms with Gasteiger partial charge in [0.2, 0.25) is 5.91 Å². The van der Waals surface area contributed by atoms with Crippen molar-refractivity contribution in [2.75, 3.05) is 13.1 Å². The van der Waals surface area contributed by atoms with Gasteiger partial charge in [-0.15, -0.1) is 0 Å². The van der Waals surface area contributed by atoms with Crippen LogP contribution in [-0.2, 0) is 4.79 Å². The Bertz CT molecular complexity index is 286. The van der Waals surface area contributed by atoms with E-state index in [1.165, 1.54) is 19.3 Å². The van der Waals surface area contributed by atoms with Crippen molar-refractivity contribution in [2.45, 2.75) is 51.9 Å². The van der Waals surface area contributed by atoms with Crippen LogP contribution in [0.3, 0.4) is 0 Å². The lowest BCUT2D eigenvalue weighted by molar-refractivity contribution is -0.131. The number of nitrogens with two attached hydrogens (primary N) is 1. The fourth-order valence-electron chi connectivity index (χ4n) is 2.56. The van der Waals surface area contributed by atoms with Gasteiger partial charge in [-0.1, -0.05) is 31.3 Å². The van der Waals surface area contributed by atoms with E-state index in [9.17, 15) is 4.79 Å². The first kappa shape index (κ1) is 14.8. The summed E-state index contributed by atoms with van der Waals surface area (Å²) in [4.78, 5) is 13.9. The molecule has 18 heavy (non-hydrogen) atoms. The molecule has 1 rings (SSSR count). The molecule has 0 aromatic rings. The van der Waals surface area contributed by atoms with Gasteiger partial charge < -0.3 is 15.8 Å². The van der Waals surface area contributed by atoms with Gasteiger partial charge in [-0.3, -0.25) is 4.79 Å². The summed E-state index contributed by atoms with van der Waals surface area (Å²) in [5, 5.41) is 11.5. The van der Waals surface area contributed by atoms with Crippen LogP contribution in [0.25, 0.3) is 0 Å². The van der Waals surface area contributed by atoms with E-state index < -0.39 is 0 Å². The summed E-state index contributed by atoms with van der Waals surface area (Å²) in [6.45, 7) is 2.92. The van der Waals surface area contributed by atoms with Crippen molar-refractivity contribution in [2.24, 2.45) is 16.8 Å². The van der Waals surface area contributed by atoms with E-state index in [1.807, 2.05) is 6.92 Å². The smallest absolute Gasteiger partial charge is 0.223 e. The first-order valence-electron chi connectivity index (χ1n) is 6.91. The lowest BCUT2D eigenvalue weighted by Gasteiger charge is -2.26. The van der Waals surface area contributed by atoms with Crippen LogP contribution < -0.4 is 5.73 Å². The maximum atomic E-state index is 12.2. The van der Waals surface area contributed by atoms with Crippen LogP contribution in [0.5, 0.6) is 0 Å². The Balaban J connectivity index is 2.47. The van der Waals surface area contributed by atoms with Gasteiger partial charge >= 0.3 is 0 Å². The number of amidine groups is 1. The minimum absolute atomic E-state index is 0.0976. The topological polar surface area (TPSA) is 78.9 Å². The maximum absolute atomic E-state index is 12.2. The first-order chi connectivity index (χ1) is 8.67. The molecule has 3 N–H and O–H groups in total. The normalized spacial score (nSPS) is 17.7. The molecule has 1 saturated carbocycles. The maximum Gasteiger partial charge on any atom is 0.223 e. The number of rotatable bonds is 6. The fourth-order valence-corrected chi connectivity index (χ4v) is 2.56. The molecule has 104 valence electrons. The molecule has 0 bridgehead atoms. The zero-order valence-electron chi connectivity index (χ0n) is 11.3. The van der Waals surface area contributed by atoms with Crippen molar-refractivity contribution in [3.63, 3.8) is 0 Å². The molecular formula is C13H25N3O2. The molecule has 0 heterocycles. The predicted octanol–water partition coefficient (Wildman–Crippen LogP) is 1.94. The Morgan fingerprint density at radius 2 is 2.06 bits per heavy atom. The van der Waals surface area contributed by atoms with Gasteiger partial charge in [0.1, 0.15) is 0 Å². The van der Waals surface area contributed by atoms with E-state index >= 15 is 0 Å². The van der Waals surface area contributed by atoms with Crippen LogP contribution in [0.1, 0.15) is 51.9 Å². The minimum Gasteiger partial charge on any atom is -0.409 e. The van der Waals surface area contributed by atoms with Crippen molar-refractivity contribution >= 4 is 11.7 Å². The van der Waals surface area contributed by atoms with E-state index in [0.717, 1.165) is 19.3 Å². The van der Waals surface area contributed by atoms with Gasteiger partial charge in [0.15, 0.2) is 5.84 Å². The average Bonchev–Trinajstić information content (AvgIpc) is 2.39. The number of amides is 1. The fraction of sp³-hybridized carbons (Fsp3) is 0.846. The molecule has 1 amide bonds. The largest absolute Gasteiger partial charge is 0.409 e. The van der Waals surface area contributed by atoms with Crippen LogP contribution in [0, 0.1) is 5.92 Å². The molecule has 5 heteroatoms. The van der Waals surface area contributed by atoms with E-state index in [0.29, 0.717) is 18.9 Å². The number of nitrogens with zero attached hydrogens (tertiary/aromatic N) is 2. The summed E-state index contributed by atoms with van der Waals surface area (Å²) in [5.74, 6) is 0.758. The third kappa shape index (κ3) is 4.94. The number of hydrogen-bond donors (Lipinski definition) is 2. The highest BCUT2D eigenvalue weighted by Gasteiger charge is 2.21. The summed E-state index contributed by atoms with van der Waals surface area (Å²) < 4.78 is 0. The van der Waals surface area contributed by atoms with E-state index in [4.69, 9.17) is 10.9 Å². The number of hydrogen-bond acceptors (Lipinski definition) is 3. The van der Waals surface area contributed by atoms with Crippen LogP contribution in [0.15, 0.2) is 5.16 Å². The second kappa shape index (κ2) is 7.95. The second-order valence-electron chi connectivity index (χ2n) is 5.11. The van der Waals surface area contributed by atoms with E-state index in [1.54, 1.807) is 4.90 Å². The SMILES string of the molecule is CCCN(CC(N)=NO)C(=O)CC1CCCCC1. The summed E-state index contributed by atoms with van der Waals surface area (Å²) >= 11 is 0. The second-order valence-corrected chi connectivity index (χ2v) is 5.11. The third-order valence-corrected chi connectivity index (χ3v) is 3.52. The number of oxime groups is 1. The van der Waals surface area contributed by atoms with Crippen molar-refractivity contribution in [1.29, 1.82) is 0 Å². The molecule has 0 aliphatic heterocycles. The molecule has 0 aromatic heterocycles. The Morgan fingerprint density at radius 3 is 2.61 bits per heavy atom. The summed E-state index contributed by atoms with van der Waals surface area (Å²) in [6.07, 6.45) is 7.60. The van der Waals surface area contributed by atoms with Gasteiger partial charge in [0.25, 0.3) is 0 Å². The van der Waals surface area contributed by atoms with Crippen LogP contribution >= 0.6 is 0 Å². The quantitative estimate of drug-likeness (QED) is 0.329. The minimum atomic E-state index is 0.0976. The molecule has 0 radical (unpaired) electrons. The lowest BCUT2D eigenvalue weighted by atomic mass is 9.86. The first-order valence-corrected chi connectivity index (χ1v) is 6.91. The van der Waals surface area contributed by atoms with Crippen LogP contribution in [-0.4, -0.2) is 34.9 Å². The highest BCUT2D eigenvalue weighted by atomic mass is 16.4. The molecule has 5 nitrogen and oxygen atoms in total. The van der Waals surface area contributed by atoms with Crippen LogP contribution in [0.4, 0.5) is 0 Å². The Morgan fingerprint density at radius 1 is 1.39 bits per heavy atom. The van der Waals surface area contributed by atoms with Crippen molar-refractivity contribution in [1.82, 2.24) is 4.90 Å². The van der Waals surface area contributed by atoms with Crippen molar-refractivity contribution in [3.8, 4) is 0 Å². The van der Waals surface area contributed by atoms with Gasteiger partial charge in [0, 0.05) is 13.0 Å². The van der Waals surface area contributed by atoms with E-state index in [-0.39, 0.29) is 18.3 Å². The van der Waals surface area contributed by atoms with Crippen LogP contribution in [0.2, 0.25) is 0 Å². The summed E-state index contributed by atoms with van der Waals surface area (Å²) in [5.41, 5.74) is 5.48. The average molecular weight is 255 g/mol. The van der Waals surface area contributed by atoms with E-state index in [2.05, 4.69) is 5.16 Å². The predicted molar refractivity (Wildman–Crippen MR) is 71.5 cm³/mol. The summed E-state index contributed by atoms with van der Waals surface area (Å²) in [7, 11) is 0. The Kier molecular flexibility index (Phi) is 6.54. The standard InChI is InChI=1S/C13H25N3O2/c1-2-8-16(10-12(14)15-18)13(17)9-11-6-4-3-5-7-11/h11,18H,2-10H2,1H3,(H2,14,15). The molecule has 0 unspecified atom stereocenters. The molecule has 1 fully saturated rings. The van der Waals surface area contributed by atoms with Gasteiger partial charge in [0.05, 0.1) is 6.54 Å². The summed E-state index contributed by atoms with van der Waals surface area (Å²) in [6, 6.07) is 0. The lowest BCUT2D eigenvalue weighted by Crippen LogP contribution is -2.39. The molecule has 0 saturated heterocycles. The van der Waals surface area contributed by atoms with Gasteiger partial charge in [-0.25, -0.2) is 0 Å². The number of carbonyl (C=O) groups excluding carboxylic acids is 1. The number of carbonyl (C=O) groups is 1. The molecule has 0 aromatic carbocycles. The zero-order chi connectivity index (χ0) is 13.4. The molecular weight excluding hydrogens is 230 g/mol. The Hall–Kier alpha value is -1.26. The van der Waals surface area contributed by atoms with Gasteiger partial charge in [-0.2, -0.15) is 0 Å². The van der Waals surface area contributed by atoms with Crippen molar-refractivity contribution < 1.29 is 10.0 Å². The highest BCUT2D eigenvalue weighted by Crippen LogP contribution is 2.26. The Labute approximate surface area is 109 Å². The zero-order valence-corrected chi connectivity index (χ0v) is 11.3. The molecule has 1 aliphatic rings. The van der Waals surface area contributed by atoms with Crippen molar-refractivity contribution in [3.05, 3.63) is 0 Å². The monoisotopic (exact) mass is 255 g/mol. The third-order valence-electron chi connectivity index (χ3n) is 3.52.